The minimum Gasteiger partial charge on any atom is -0.309 e. The molecule has 14 rings (SSSR count). The van der Waals surface area contributed by atoms with Crippen LogP contribution in [0.5, 0.6) is 0 Å². The normalized spacial score (nSPS) is 12.3. The zero-order valence-electron chi connectivity index (χ0n) is 32.3. The van der Waals surface area contributed by atoms with Crippen LogP contribution in [0.4, 0.5) is 0 Å². The number of benzene rings is 5. The highest BCUT2D eigenvalue weighted by atomic mass is 32.1. The molecule has 0 N–H and O–H groups in total. The van der Waals surface area contributed by atoms with E-state index in [2.05, 4.69) is 171 Å². The van der Waals surface area contributed by atoms with E-state index in [0.29, 0.717) is 0 Å². The van der Waals surface area contributed by atoms with Gasteiger partial charge in [-0.15, -0.1) is 11.3 Å². The van der Waals surface area contributed by atoms with Gasteiger partial charge in [-0.3, -0.25) is 19.9 Å². The van der Waals surface area contributed by atoms with Crippen molar-refractivity contribution in [2.75, 3.05) is 0 Å². The average molecular weight is 799 g/mol. The molecule has 284 valence electrons. The monoisotopic (exact) mass is 798 g/mol. The van der Waals surface area contributed by atoms with Crippen LogP contribution in [-0.2, 0) is 0 Å². The van der Waals surface area contributed by atoms with Gasteiger partial charge < -0.3 is 18.3 Å². The van der Waals surface area contributed by atoms with E-state index in [0.717, 1.165) is 88.4 Å². The molecule has 9 aromatic heterocycles. The SMILES string of the molecule is c1ccc2c(c1)c1ccncc1n2-c1ccc2c(c1)c1cnccc1n2-c1ccc2scc(-n3c4ccncc4c4cc(-n5c6ccccc6c6ccncc65)ccc43)c2c1. The van der Waals surface area contributed by atoms with Crippen LogP contribution in [0.25, 0.3) is 120 Å². The number of rotatable bonds is 4. The van der Waals surface area contributed by atoms with E-state index in [1.807, 2.05) is 49.6 Å². The molecule has 14 aromatic rings. The van der Waals surface area contributed by atoms with Gasteiger partial charge in [0.25, 0.3) is 0 Å². The van der Waals surface area contributed by atoms with Crippen molar-refractivity contribution in [3.8, 4) is 22.7 Å². The second kappa shape index (κ2) is 12.2. The van der Waals surface area contributed by atoms with Gasteiger partial charge in [0.05, 0.1) is 62.2 Å². The van der Waals surface area contributed by atoms with Gasteiger partial charge in [-0.25, -0.2) is 0 Å². The van der Waals surface area contributed by atoms with E-state index >= 15 is 0 Å². The van der Waals surface area contributed by atoms with Crippen LogP contribution in [0.15, 0.2) is 182 Å². The number of para-hydroxylation sites is 2. The highest BCUT2D eigenvalue weighted by molar-refractivity contribution is 7.17. The summed E-state index contributed by atoms with van der Waals surface area (Å²) in [6, 6.07) is 46.1. The lowest BCUT2D eigenvalue weighted by Crippen LogP contribution is -1.97. The van der Waals surface area contributed by atoms with Gasteiger partial charge in [-0.2, -0.15) is 0 Å². The molecule has 61 heavy (non-hydrogen) atoms. The van der Waals surface area contributed by atoms with E-state index < -0.39 is 0 Å². The number of pyridine rings is 4. The van der Waals surface area contributed by atoms with Gasteiger partial charge in [-0.1, -0.05) is 36.4 Å². The average Bonchev–Trinajstić information content (AvgIpc) is 4.12. The second-order valence-electron chi connectivity index (χ2n) is 15.7. The molecule has 0 saturated heterocycles. The second-order valence-corrected chi connectivity index (χ2v) is 16.6. The Morgan fingerprint density at radius 2 is 0.738 bits per heavy atom. The maximum atomic E-state index is 4.63. The van der Waals surface area contributed by atoms with Gasteiger partial charge >= 0.3 is 0 Å². The highest BCUT2D eigenvalue weighted by Gasteiger charge is 2.21. The molecule has 0 bridgehead atoms. The number of aromatic nitrogens is 8. The summed E-state index contributed by atoms with van der Waals surface area (Å²) in [5.74, 6) is 0. The van der Waals surface area contributed by atoms with Crippen LogP contribution in [0.3, 0.4) is 0 Å². The lowest BCUT2D eigenvalue weighted by atomic mass is 10.1. The number of nitrogens with zero attached hydrogens (tertiary/aromatic N) is 8. The Bertz CT molecular complexity index is 4040. The van der Waals surface area contributed by atoms with Crippen molar-refractivity contribution in [3.05, 3.63) is 182 Å². The van der Waals surface area contributed by atoms with E-state index in [1.54, 1.807) is 11.3 Å². The van der Waals surface area contributed by atoms with Crippen LogP contribution in [-0.4, -0.2) is 38.2 Å². The standard InChI is InChI=1S/C52H30N8S/c1-3-7-43-34(5-1)36-15-19-55-28-49(36)58(43)31-9-12-45-38(23-31)41-26-53-21-17-47(41)57(45)33-11-14-52-40(25-33)51(30-61-52)60-46-13-10-32(24-39(46)42-27-54-22-18-48(42)60)59-44-8-4-2-6-35(44)37-16-20-56-29-50(37)59/h1-30H. The summed E-state index contributed by atoms with van der Waals surface area (Å²) < 4.78 is 10.7. The summed E-state index contributed by atoms with van der Waals surface area (Å²) in [6.45, 7) is 0. The summed E-state index contributed by atoms with van der Waals surface area (Å²) >= 11 is 1.77. The molecule has 0 fully saturated rings. The van der Waals surface area contributed by atoms with E-state index in [9.17, 15) is 0 Å². The molecule has 5 aromatic carbocycles. The molecular formula is C52H30N8S. The first-order chi connectivity index (χ1) is 30.3. The quantitative estimate of drug-likeness (QED) is 0.178. The highest BCUT2D eigenvalue weighted by Crippen LogP contribution is 2.42. The minimum absolute atomic E-state index is 1.08. The smallest absolute Gasteiger partial charge is 0.0724 e. The van der Waals surface area contributed by atoms with Gasteiger partial charge in [0.15, 0.2) is 0 Å². The van der Waals surface area contributed by atoms with Crippen molar-refractivity contribution in [1.29, 1.82) is 0 Å². The summed E-state index contributed by atoms with van der Waals surface area (Å²) in [5, 5.41) is 12.8. The third-order valence-corrected chi connectivity index (χ3v) is 13.6. The molecule has 0 spiro atoms. The molecule has 0 amide bonds. The Balaban J connectivity index is 0.963. The fourth-order valence-electron chi connectivity index (χ4n) is 10.0. The van der Waals surface area contributed by atoms with E-state index in [4.69, 9.17) is 0 Å². The number of hydrogen-bond acceptors (Lipinski definition) is 5. The molecule has 8 nitrogen and oxygen atoms in total. The third-order valence-electron chi connectivity index (χ3n) is 12.6. The predicted octanol–water partition coefficient (Wildman–Crippen LogP) is 12.9. The maximum Gasteiger partial charge on any atom is 0.0724 e. The molecule has 9 heteroatoms. The van der Waals surface area contributed by atoms with Crippen molar-refractivity contribution in [1.82, 2.24) is 38.2 Å². The van der Waals surface area contributed by atoms with Crippen LogP contribution in [0, 0.1) is 0 Å². The molecule has 9 heterocycles. The zero-order chi connectivity index (χ0) is 39.8. The Labute approximate surface area is 350 Å². The number of hydrogen-bond donors (Lipinski definition) is 0. The molecule has 0 radical (unpaired) electrons. The fraction of sp³-hybridized carbons (Fsp3) is 0. The van der Waals surface area contributed by atoms with Crippen LogP contribution >= 0.6 is 11.3 Å². The van der Waals surface area contributed by atoms with Crippen LogP contribution in [0.2, 0.25) is 0 Å². The lowest BCUT2D eigenvalue weighted by Gasteiger charge is -2.12. The van der Waals surface area contributed by atoms with Crippen molar-refractivity contribution in [2.24, 2.45) is 0 Å². The summed E-state index contributed by atoms with van der Waals surface area (Å²) in [6.07, 6.45) is 15.5. The van der Waals surface area contributed by atoms with Gasteiger partial charge in [-0.05, 0) is 91.0 Å². The predicted molar refractivity (Wildman–Crippen MR) is 250 cm³/mol. The molecule has 0 unspecified atom stereocenters. The van der Waals surface area contributed by atoms with Crippen molar-refractivity contribution >= 4 is 109 Å². The number of fused-ring (bicyclic) bond motifs is 13. The van der Waals surface area contributed by atoms with Gasteiger partial charge in [0.1, 0.15) is 0 Å². The molecular weight excluding hydrogens is 769 g/mol. The largest absolute Gasteiger partial charge is 0.309 e. The van der Waals surface area contributed by atoms with Crippen molar-refractivity contribution in [2.45, 2.75) is 0 Å². The first-order valence-electron chi connectivity index (χ1n) is 20.2. The van der Waals surface area contributed by atoms with Crippen molar-refractivity contribution < 1.29 is 0 Å². The van der Waals surface area contributed by atoms with E-state index in [1.165, 1.54) is 31.6 Å². The molecule has 0 atom stereocenters. The third kappa shape index (κ3) is 4.47. The molecule has 0 aliphatic rings. The topological polar surface area (TPSA) is 71.3 Å². The Morgan fingerprint density at radius 1 is 0.311 bits per heavy atom. The molecule has 0 aliphatic heterocycles. The summed E-state index contributed by atoms with van der Waals surface area (Å²) in [5.41, 5.74) is 13.4. The summed E-state index contributed by atoms with van der Waals surface area (Å²) in [4.78, 5) is 18.3. The lowest BCUT2D eigenvalue weighted by molar-refractivity contribution is 1.16. The summed E-state index contributed by atoms with van der Waals surface area (Å²) in [7, 11) is 0. The van der Waals surface area contributed by atoms with Crippen LogP contribution < -0.4 is 0 Å². The first kappa shape index (κ1) is 32.8. The number of thiophene rings is 1. The van der Waals surface area contributed by atoms with E-state index in [-0.39, 0.29) is 0 Å². The van der Waals surface area contributed by atoms with Crippen LogP contribution in [0.1, 0.15) is 0 Å². The maximum absolute atomic E-state index is 4.63. The fourth-order valence-corrected chi connectivity index (χ4v) is 10.9. The molecule has 0 aliphatic carbocycles. The Morgan fingerprint density at radius 3 is 1.34 bits per heavy atom. The zero-order valence-corrected chi connectivity index (χ0v) is 33.1. The van der Waals surface area contributed by atoms with Gasteiger partial charge in [0, 0.05) is 113 Å². The Kier molecular flexibility index (Phi) is 6.56. The van der Waals surface area contributed by atoms with Crippen molar-refractivity contribution in [3.63, 3.8) is 0 Å². The van der Waals surface area contributed by atoms with Gasteiger partial charge in [0.2, 0.25) is 0 Å². The molecule has 0 saturated carbocycles. The Hall–Kier alpha value is -8.14. The first-order valence-corrected chi connectivity index (χ1v) is 21.1. The minimum atomic E-state index is 1.08.